The molecule has 1 aromatic carbocycles. The van der Waals surface area contributed by atoms with Crippen molar-refractivity contribution in [3.63, 3.8) is 0 Å². The second kappa shape index (κ2) is 7.36. The number of piperazine rings is 1. The van der Waals surface area contributed by atoms with Crippen molar-refractivity contribution in [3.8, 4) is 0 Å². The Morgan fingerprint density at radius 1 is 1.15 bits per heavy atom. The van der Waals surface area contributed by atoms with Gasteiger partial charge in [-0.05, 0) is 18.2 Å². The van der Waals surface area contributed by atoms with Crippen LogP contribution in [0.1, 0.15) is 10.6 Å². The minimum atomic E-state index is -3.81. The maximum Gasteiger partial charge on any atom is 0.270 e. The molecule has 1 aromatic heterocycles. The number of nitro benzene ring substituents is 1. The summed E-state index contributed by atoms with van der Waals surface area (Å²) in [6.07, 6.45) is 1.43. The lowest BCUT2D eigenvalue weighted by molar-refractivity contribution is -0.385. The van der Waals surface area contributed by atoms with Crippen LogP contribution in [0.25, 0.3) is 0 Å². The molecule has 0 aliphatic carbocycles. The van der Waals surface area contributed by atoms with E-state index < -0.39 is 14.9 Å². The van der Waals surface area contributed by atoms with Gasteiger partial charge in [0, 0.05) is 38.3 Å². The van der Waals surface area contributed by atoms with Crippen LogP contribution in [-0.4, -0.2) is 61.1 Å². The molecule has 10 heteroatoms. The van der Waals surface area contributed by atoms with Gasteiger partial charge in [-0.2, -0.15) is 4.31 Å². The normalized spacial score (nSPS) is 16.5. The number of carbonyl (C=O) groups excluding carboxylic acids is 1. The zero-order valence-corrected chi connectivity index (χ0v) is 14.6. The number of nitrogens with zero attached hydrogens (tertiary/aromatic N) is 3. The van der Waals surface area contributed by atoms with E-state index in [4.69, 9.17) is 4.42 Å². The molecule has 0 saturated carbocycles. The highest BCUT2D eigenvalue weighted by Crippen LogP contribution is 2.22. The minimum Gasteiger partial charge on any atom is -0.461 e. The molecule has 0 bridgehead atoms. The van der Waals surface area contributed by atoms with Crippen molar-refractivity contribution >= 4 is 21.5 Å². The quantitative estimate of drug-likeness (QED) is 0.423. The van der Waals surface area contributed by atoms with Crippen molar-refractivity contribution in [1.29, 1.82) is 0 Å². The molecule has 0 amide bonds. The van der Waals surface area contributed by atoms with Gasteiger partial charge in [0.1, 0.15) is 0 Å². The summed E-state index contributed by atoms with van der Waals surface area (Å²) in [6, 6.07) is 8.22. The Hall–Kier alpha value is -2.56. The third kappa shape index (κ3) is 3.82. The van der Waals surface area contributed by atoms with Crippen LogP contribution in [0.3, 0.4) is 0 Å². The average Bonchev–Trinajstić information content (AvgIpc) is 3.17. The Morgan fingerprint density at radius 2 is 1.88 bits per heavy atom. The number of sulfonamides is 1. The minimum absolute atomic E-state index is 0.105. The summed E-state index contributed by atoms with van der Waals surface area (Å²) >= 11 is 0. The number of carbonyl (C=O) groups is 1. The fraction of sp³-hybridized carbons (Fsp3) is 0.312. The molecule has 0 radical (unpaired) electrons. The first kappa shape index (κ1) is 18.2. The highest BCUT2D eigenvalue weighted by atomic mass is 32.2. The fourth-order valence-corrected chi connectivity index (χ4v) is 4.22. The summed E-state index contributed by atoms with van der Waals surface area (Å²) < 4.78 is 31.7. The predicted molar refractivity (Wildman–Crippen MR) is 91.3 cm³/mol. The Balaban J connectivity index is 1.64. The van der Waals surface area contributed by atoms with Crippen LogP contribution in [-0.2, 0) is 10.0 Å². The molecule has 1 fully saturated rings. The molecule has 0 unspecified atom stereocenters. The van der Waals surface area contributed by atoms with Crippen LogP contribution in [0.15, 0.2) is 52.0 Å². The topological polar surface area (TPSA) is 114 Å². The predicted octanol–water partition coefficient (Wildman–Crippen LogP) is 1.38. The van der Waals surface area contributed by atoms with Gasteiger partial charge < -0.3 is 4.42 Å². The van der Waals surface area contributed by atoms with Gasteiger partial charge in [0.25, 0.3) is 5.69 Å². The van der Waals surface area contributed by atoms with Crippen LogP contribution in [0, 0.1) is 10.1 Å². The van der Waals surface area contributed by atoms with Crippen LogP contribution in [0.4, 0.5) is 5.69 Å². The van der Waals surface area contributed by atoms with E-state index in [0.717, 1.165) is 6.07 Å². The molecule has 1 saturated heterocycles. The number of benzene rings is 1. The lowest BCUT2D eigenvalue weighted by atomic mass is 10.2. The molecule has 3 rings (SSSR count). The first-order valence-electron chi connectivity index (χ1n) is 7.91. The first-order chi connectivity index (χ1) is 12.4. The number of Topliss-reactive ketones (excluding diaryl/α,β-unsaturated/α-hetero) is 1. The fourth-order valence-electron chi connectivity index (χ4n) is 2.75. The first-order valence-corrected chi connectivity index (χ1v) is 9.35. The molecule has 138 valence electrons. The highest BCUT2D eigenvalue weighted by molar-refractivity contribution is 7.89. The van der Waals surface area contributed by atoms with Crippen molar-refractivity contribution in [1.82, 2.24) is 9.21 Å². The molecule has 9 nitrogen and oxygen atoms in total. The number of hydrogen-bond donors (Lipinski definition) is 0. The van der Waals surface area contributed by atoms with E-state index in [0.29, 0.717) is 13.1 Å². The van der Waals surface area contributed by atoms with Crippen molar-refractivity contribution in [2.24, 2.45) is 0 Å². The van der Waals surface area contributed by atoms with E-state index >= 15 is 0 Å². The molecule has 26 heavy (non-hydrogen) atoms. The monoisotopic (exact) mass is 379 g/mol. The van der Waals surface area contributed by atoms with Gasteiger partial charge in [0.05, 0.1) is 22.6 Å². The highest BCUT2D eigenvalue weighted by Gasteiger charge is 2.30. The lowest BCUT2D eigenvalue weighted by Crippen LogP contribution is -2.49. The molecule has 0 atom stereocenters. The Kier molecular flexibility index (Phi) is 5.16. The second-order valence-corrected chi connectivity index (χ2v) is 7.77. The summed E-state index contributed by atoms with van der Waals surface area (Å²) in [7, 11) is -3.81. The maximum atomic E-state index is 12.7. The number of nitro groups is 1. The third-order valence-electron chi connectivity index (χ3n) is 4.16. The number of rotatable bonds is 6. The molecule has 2 aromatic rings. The van der Waals surface area contributed by atoms with Crippen molar-refractivity contribution in [2.75, 3.05) is 32.7 Å². The maximum absolute atomic E-state index is 12.7. The van der Waals surface area contributed by atoms with Crippen molar-refractivity contribution < 1.29 is 22.6 Å². The molecule has 2 heterocycles. The zero-order valence-electron chi connectivity index (χ0n) is 13.8. The molecule has 1 aliphatic heterocycles. The number of furan rings is 1. The summed E-state index contributed by atoms with van der Waals surface area (Å²) in [5, 5.41) is 10.9. The SMILES string of the molecule is O=C(CN1CCN(S(=O)(=O)c2cccc([N+](=O)[O-])c2)CC1)c1ccco1. The molecule has 1 aliphatic rings. The Bertz CT molecular complexity index is 902. The van der Waals surface area contributed by atoms with Gasteiger partial charge in [-0.1, -0.05) is 6.07 Å². The molecule has 0 N–H and O–H groups in total. The van der Waals surface area contributed by atoms with Crippen LogP contribution >= 0.6 is 0 Å². The van der Waals surface area contributed by atoms with Gasteiger partial charge in [0.2, 0.25) is 15.8 Å². The smallest absolute Gasteiger partial charge is 0.270 e. The lowest BCUT2D eigenvalue weighted by Gasteiger charge is -2.33. The van der Waals surface area contributed by atoms with E-state index in [9.17, 15) is 23.3 Å². The molecular weight excluding hydrogens is 362 g/mol. The van der Waals surface area contributed by atoms with Crippen molar-refractivity contribution in [3.05, 3.63) is 58.5 Å². The van der Waals surface area contributed by atoms with E-state index in [1.165, 1.54) is 28.8 Å². The molecule has 0 spiro atoms. The van der Waals surface area contributed by atoms with Gasteiger partial charge in [-0.15, -0.1) is 0 Å². The van der Waals surface area contributed by atoms with Crippen molar-refractivity contribution in [2.45, 2.75) is 4.90 Å². The standard InChI is InChI=1S/C16H17N3O6S/c20-15(16-5-2-10-25-16)12-17-6-8-18(9-7-17)26(23,24)14-4-1-3-13(11-14)19(21)22/h1-5,10-11H,6-9,12H2. The van der Waals surface area contributed by atoms with Crippen LogP contribution in [0.2, 0.25) is 0 Å². The Labute approximate surface area is 150 Å². The largest absolute Gasteiger partial charge is 0.461 e. The van der Waals surface area contributed by atoms with Gasteiger partial charge in [-0.25, -0.2) is 8.42 Å². The van der Waals surface area contributed by atoms with Crippen LogP contribution in [0.5, 0.6) is 0 Å². The van der Waals surface area contributed by atoms with E-state index in [1.807, 2.05) is 4.90 Å². The van der Waals surface area contributed by atoms with Crippen LogP contribution < -0.4 is 0 Å². The summed E-state index contributed by atoms with van der Waals surface area (Å²) in [4.78, 5) is 24.0. The Morgan fingerprint density at radius 3 is 2.50 bits per heavy atom. The summed E-state index contributed by atoms with van der Waals surface area (Å²) in [5.74, 6) is 0.113. The molecular formula is C16H17N3O6S. The van der Waals surface area contributed by atoms with E-state index in [1.54, 1.807) is 12.1 Å². The third-order valence-corrected chi connectivity index (χ3v) is 6.06. The number of non-ortho nitro benzene ring substituents is 1. The van der Waals surface area contributed by atoms with Gasteiger partial charge >= 0.3 is 0 Å². The second-order valence-electron chi connectivity index (χ2n) is 5.84. The summed E-state index contributed by atoms with van der Waals surface area (Å²) in [6.45, 7) is 1.34. The zero-order chi connectivity index (χ0) is 18.7. The number of hydrogen-bond acceptors (Lipinski definition) is 7. The average molecular weight is 379 g/mol. The van der Waals surface area contributed by atoms with Gasteiger partial charge in [0.15, 0.2) is 5.76 Å². The van der Waals surface area contributed by atoms with E-state index in [2.05, 4.69) is 0 Å². The van der Waals surface area contributed by atoms with Gasteiger partial charge in [-0.3, -0.25) is 19.8 Å². The summed E-state index contributed by atoms with van der Waals surface area (Å²) in [5.41, 5.74) is -0.270. The van der Waals surface area contributed by atoms with E-state index in [-0.39, 0.29) is 41.8 Å². The number of ketones is 1.